The summed E-state index contributed by atoms with van der Waals surface area (Å²) >= 11 is 5.54. The van der Waals surface area contributed by atoms with Crippen LogP contribution in [0.3, 0.4) is 0 Å². The van der Waals surface area contributed by atoms with Crippen molar-refractivity contribution in [3.8, 4) is 0 Å². The summed E-state index contributed by atoms with van der Waals surface area (Å²) in [4.78, 5) is 4.79. The Bertz CT molecular complexity index is 647. The average molecular weight is 321 g/mol. The van der Waals surface area contributed by atoms with Crippen LogP contribution in [0.5, 0.6) is 0 Å². The first-order valence-corrected chi connectivity index (χ1v) is 5.33. The minimum atomic E-state index is -6.41. The summed E-state index contributed by atoms with van der Waals surface area (Å²) in [5, 5.41) is 0.0820. The Morgan fingerprint density at radius 3 is 2.15 bits per heavy atom. The highest BCUT2D eigenvalue weighted by Gasteiger charge is 2.74. The van der Waals surface area contributed by atoms with E-state index in [0.29, 0.717) is 0 Å². The van der Waals surface area contributed by atoms with E-state index in [1.807, 2.05) is 0 Å². The van der Waals surface area contributed by atoms with Crippen LogP contribution in [0.25, 0.3) is 11.0 Å². The highest BCUT2D eigenvalue weighted by atomic mass is 35.5. The predicted octanol–water partition coefficient (Wildman–Crippen LogP) is 4.51. The molecule has 1 aromatic heterocycles. The molecule has 0 atom stereocenters. The van der Waals surface area contributed by atoms with E-state index in [4.69, 9.17) is 11.6 Å². The van der Waals surface area contributed by atoms with Gasteiger partial charge in [-0.1, -0.05) is 11.6 Å². The summed E-state index contributed by atoms with van der Waals surface area (Å²) < 4.78 is 88.5. The van der Waals surface area contributed by atoms with Crippen LogP contribution in [0.1, 0.15) is 5.82 Å². The van der Waals surface area contributed by atoms with Gasteiger partial charge in [-0.25, -0.2) is 4.98 Å². The van der Waals surface area contributed by atoms with Gasteiger partial charge in [-0.3, -0.25) is 0 Å². The Balaban J connectivity index is 2.57. The number of fused-ring (bicyclic) bond motifs is 1. The molecule has 0 aliphatic carbocycles. The fraction of sp³-hybridized carbons (Fsp3) is 0.300. The monoisotopic (exact) mass is 320 g/mol. The number of alkyl halides is 7. The van der Waals surface area contributed by atoms with Gasteiger partial charge < -0.3 is 4.98 Å². The highest BCUT2D eigenvalue weighted by molar-refractivity contribution is 6.31. The van der Waals surface area contributed by atoms with Gasteiger partial charge in [-0.05, 0) is 18.2 Å². The summed E-state index contributed by atoms with van der Waals surface area (Å²) in [7, 11) is 0. The molecule has 1 heterocycles. The smallest absolute Gasteiger partial charge is 0.337 e. The van der Waals surface area contributed by atoms with Crippen LogP contribution >= 0.6 is 11.6 Å². The van der Waals surface area contributed by atoms with E-state index in [1.165, 1.54) is 6.07 Å². The first kappa shape index (κ1) is 14.9. The lowest BCUT2D eigenvalue weighted by Crippen LogP contribution is -2.50. The molecule has 1 N–H and O–H groups in total. The summed E-state index contributed by atoms with van der Waals surface area (Å²) in [6.07, 6.45) is -6.41. The van der Waals surface area contributed by atoms with E-state index in [9.17, 15) is 30.7 Å². The lowest BCUT2D eigenvalue weighted by atomic mass is 10.1. The zero-order valence-electron chi connectivity index (χ0n) is 9.20. The fourth-order valence-corrected chi connectivity index (χ4v) is 1.63. The van der Waals surface area contributed by atoms with Crippen molar-refractivity contribution in [2.45, 2.75) is 18.0 Å². The quantitative estimate of drug-likeness (QED) is 0.811. The van der Waals surface area contributed by atoms with Crippen molar-refractivity contribution >= 4 is 22.6 Å². The molecule has 0 amide bonds. The Kier molecular flexibility index (Phi) is 3.16. The van der Waals surface area contributed by atoms with Crippen LogP contribution in [0.2, 0.25) is 5.02 Å². The van der Waals surface area contributed by atoms with Gasteiger partial charge in [0.05, 0.1) is 11.0 Å². The van der Waals surface area contributed by atoms with Crippen molar-refractivity contribution in [3.05, 3.63) is 29.0 Å². The molecule has 110 valence electrons. The van der Waals surface area contributed by atoms with Gasteiger partial charge in [0.25, 0.3) is 0 Å². The standard InChI is InChI=1S/C10H4ClF7N2/c11-4-1-2-5-6(3-4)20-7(19-5)8(12,13)9(14,15)10(16,17)18/h1-3H,(H,19,20). The molecule has 2 aromatic rings. The van der Waals surface area contributed by atoms with Crippen molar-refractivity contribution < 1.29 is 30.7 Å². The van der Waals surface area contributed by atoms with Crippen LogP contribution in [0, 0.1) is 0 Å². The molecule has 0 bridgehead atoms. The molecule has 0 radical (unpaired) electrons. The first-order valence-electron chi connectivity index (χ1n) is 4.95. The van der Waals surface area contributed by atoms with E-state index in [0.717, 1.165) is 12.1 Å². The van der Waals surface area contributed by atoms with E-state index >= 15 is 0 Å². The van der Waals surface area contributed by atoms with Crippen molar-refractivity contribution in [1.29, 1.82) is 0 Å². The molecule has 20 heavy (non-hydrogen) atoms. The summed E-state index contributed by atoms with van der Waals surface area (Å²) in [5.41, 5.74) is -0.382. The molecular weight excluding hydrogens is 317 g/mol. The van der Waals surface area contributed by atoms with Gasteiger partial charge >= 0.3 is 18.0 Å². The number of aromatic nitrogens is 2. The number of hydrogen-bond acceptors (Lipinski definition) is 1. The van der Waals surface area contributed by atoms with E-state index in [1.54, 1.807) is 4.98 Å². The fourth-order valence-electron chi connectivity index (χ4n) is 1.46. The van der Waals surface area contributed by atoms with Crippen LogP contribution in [-0.4, -0.2) is 22.1 Å². The van der Waals surface area contributed by atoms with Crippen LogP contribution in [0.4, 0.5) is 30.7 Å². The maximum absolute atomic E-state index is 13.4. The van der Waals surface area contributed by atoms with E-state index in [-0.39, 0.29) is 16.1 Å². The lowest BCUT2D eigenvalue weighted by Gasteiger charge is -2.26. The number of hydrogen-bond donors (Lipinski definition) is 1. The van der Waals surface area contributed by atoms with Crippen LogP contribution < -0.4 is 0 Å². The molecular formula is C10H4ClF7N2. The third-order valence-corrected chi connectivity index (χ3v) is 2.73. The number of rotatable bonds is 2. The Labute approximate surface area is 111 Å². The van der Waals surface area contributed by atoms with Crippen molar-refractivity contribution in [2.24, 2.45) is 0 Å². The maximum Gasteiger partial charge on any atom is 0.460 e. The first-order chi connectivity index (χ1) is 8.97. The number of H-pyrrole nitrogens is 1. The number of nitrogens with one attached hydrogen (secondary N) is 1. The molecule has 0 aliphatic rings. The minimum absolute atomic E-state index is 0.0820. The summed E-state index contributed by atoms with van der Waals surface area (Å²) in [6, 6.07) is 3.42. The number of benzene rings is 1. The molecule has 0 aliphatic heterocycles. The predicted molar refractivity (Wildman–Crippen MR) is 56.0 cm³/mol. The van der Waals surface area contributed by atoms with Gasteiger partial charge in [-0.2, -0.15) is 30.7 Å². The zero-order chi connectivity index (χ0) is 15.3. The molecule has 10 heteroatoms. The third-order valence-electron chi connectivity index (χ3n) is 2.49. The molecule has 2 rings (SSSR count). The summed E-state index contributed by atoms with van der Waals surface area (Å²) in [5.74, 6) is -13.6. The van der Waals surface area contributed by atoms with Crippen molar-refractivity contribution in [3.63, 3.8) is 0 Å². The molecule has 0 saturated heterocycles. The molecule has 0 fully saturated rings. The van der Waals surface area contributed by atoms with Gasteiger partial charge in [0.2, 0.25) is 0 Å². The summed E-state index contributed by atoms with van der Waals surface area (Å²) in [6.45, 7) is 0. The molecule has 0 unspecified atom stereocenters. The van der Waals surface area contributed by atoms with Crippen molar-refractivity contribution in [2.75, 3.05) is 0 Å². The second-order valence-electron chi connectivity index (χ2n) is 3.89. The molecule has 0 saturated carbocycles. The van der Waals surface area contributed by atoms with Gasteiger partial charge in [0.1, 0.15) is 0 Å². The number of nitrogens with zero attached hydrogens (tertiary/aromatic N) is 1. The maximum atomic E-state index is 13.4. The third kappa shape index (κ3) is 2.09. The Hall–Kier alpha value is -1.51. The highest BCUT2D eigenvalue weighted by Crippen LogP contribution is 2.51. The van der Waals surface area contributed by atoms with Crippen LogP contribution in [0.15, 0.2) is 18.2 Å². The molecule has 2 nitrogen and oxygen atoms in total. The second-order valence-corrected chi connectivity index (χ2v) is 4.33. The zero-order valence-corrected chi connectivity index (χ0v) is 9.96. The van der Waals surface area contributed by atoms with Crippen molar-refractivity contribution in [1.82, 2.24) is 9.97 Å². The minimum Gasteiger partial charge on any atom is -0.337 e. The van der Waals surface area contributed by atoms with Crippen LogP contribution in [-0.2, 0) is 5.92 Å². The molecule has 1 aromatic carbocycles. The Morgan fingerprint density at radius 2 is 1.60 bits per heavy atom. The number of aromatic amines is 1. The molecule has 0 spiro atoms. The number of halogens is 8. The Morgan fingerprint density at radius 1 is 1.00 bits per heavy atom. The van der Waals surface area contributed by atoms with Gasteiger partial charge in [-0.15, -0.1) is 0 Å². The lowest BCUT2D eigenvalue weighted by molar-refractivity contribution is -0.361. The topological polar surface area (TPSA) is 28.7 Å². The normalized spacial score (nSPS) is 14.0. The van der Waals surface area contributed by atoms with E-state index in [2.05, 4.69) is 4.98 Å². The van der Waals surface area contributed by atoms with E-state index < -0.39 is 23.8 Å². The number of imidazole rings is 1. The largest absolute Gasteiger partial charge is 0.460 e. The SMILES string of the molecule is FC(F)(F)C(F)(F)C(F)(F)c1nc2ccc(Cl)cc2[nH]1. The van der Waals surface area contributed by atoms with Gasteiger partial charge in [0.15, 0.2) is 5.82 Å². The average Bonchev–Trinajstić information content (AvgIpc) is 2.70. The second kappa shape index (κ2) is 4.24. The van der Waals surface area contributed by atoms with Gasteiger partial charge in [0, 0.05) is 5.02 Å².